The first-order valence-corrected chi connectivity index (χ1v) is 33.8. The van der Waals surface area contributed by atoms with Crippen LogP contribution in [0.2, 0.25) is 0 Å². The molecule has 2 aliphatic heterocycles. The number of unbranched alkanes of at least 4 members (excludes halogenated alkanes) is 29. The third-order valence-corrected chi connectivity index (χ3v) is 16.1. The van der Waals surface area contributed by atoms with E-state index in [-0.39, 0.29) is 18.9 Å². The molecule has 9 N–H and O–H groups in total. The predicted molar refractivity (Wildman–Crippen MR) is 341 cm³/mol. The number of carbonyl (C=O) groups is 1. The number of nitrogens with one attached hydrogen (secondary N) is 1. The summed E-state index contributed by atoms with van der Waals surface area (Å²) < 4.78 is 22.8. The van der Waals surface area contributed by atoms with Crippen LogP contribution in [0.3, 0.4) is 0 Å². The molecule has 1 amide bonds. The summed E-state index contributed by atoms with van der Waals surface area (Å²) in [5, 5.41) is 87.2. The van der Waals surface area contributed by atoms with Crippen molar-refractivity contribution in [2.45, 2.75) is 331 Å². The minimum absolute atomic E-state index is 0.249. The molecule has 2 aliphatic rings. The summed E-state index contributed by atoms with van der Waals surface area (Å²) in [6.07, 6.45) is 57.9. The average Bonchev–Trinajstić information content (AvgIpc) is 3.23. The Morgan fingerprint density at radius 3 is 1.31 bits per heavy atom. The van der Waals surface area contributed by atoms with Crippen molar-refractivity contribution in [1.29, 1.82) is 0 Å². The van der Waals surface area contributed by atoms with Crippen molar-refractivity contribution in [3.05, 3.63) is 85.1 Å². The number of allylic oxidation sites excluding steroid dienone is 13. The van der Waals surface area contributed by atoms with Crippen LogP contribution in [0.15, 0.2) is 85.1 Å². The first kappa shape index (κ1) is 77.3. The number of aliphatic hydroxyl groups excluding tert-OH is 8. The van der Waals surface area contributed by atoms with E-state index >= 15 is 0 Å². The summed E-state index contributed by atoms with van der Waals surface area (Å²) >= 11 is 0. The van der Waals surface area contributed by atoms with Crippen LogP contribution in [0.4, 0.5) is 0 Å². The normalized spacial score (nSPS) is 24.2. The summed E-state index contributed by atoms with van der Waals surface area (Å²) in [4.78, 5) is 13.3. The van der Waals surface area contributed by atoms with Crippen LogP contribution in [0.5, 0.6) is 0 Å². The van der Waals surface area contributed by atoms with Crippen LogP contribution >= 0.6 is 0 Å². The maximum atomic E-state index is 13.3. The van der Waals surface area contributed by atoms with Gasteiger partial charge in [-0.3, -0.25) is 4.79 Å². The average molecular weight is 1190 g/mol. The van der Waals surface area contributed by atoms with E-state index in [0.29, 0.717) is 12.8 Å². The SMILES string of the molecule is CC/C=C\C/C=C\C/C=C\C/C=C\C/C=C\CCCCCCCCCCCCCCCCCCCCCC(=O)NC(COC1OC(CO)C(OC2OC(CO)C(O)C(O)C2O)C(O)C1O)C(O)/C=C/CC/C=C/CCCCCCCCCCC. The monoisotopic (exact) mass is 1190 g/mol. The molecule has 0 aliphatic carbocycles. The Bertz CT molecular complexity index is 1730. The maximum absolute atomic E-state index is 13.3. The van der Waals surface area contributed by atoms with Gasteiger partial charge in [0.1, 0.15) is 48.8 Å². The summed E-state index contributed by atoms with van der Waals surface area (Å²) in [7, 11) is 0. The molecule has 2 rings (SSSR count). The Hall–Kier alpha value is -2.83. The highest BCUT2D eigenvalue weighted by molar-refractivity contribution is 5.76. The molecule has 0 aromatic carbocycles. The van der Waals surface area contributed by atoms with E-state index < -0.39 is 86.8 Å². The largest absolute Gasteiger partial charge is 0.394 e. The van der Waals surface area contributed by atoms with Gasteiger partial charge in [-0.1, -0.05) is 259 Å². The molecule has 0 saturated carbocycles. The number of rotatable bonds is 54. The number of hydrogen-bond acceptors (Lipinski definition) is 13. The van der Waals surface area contributed by atoms with Crippen LogP contribution in [0.25, 0.3) is 0 Å². The van der Waals surface area contributed by atoms with Crippen LogP contribution in [0.1, 0.15) is 258 Å². The Balaban J connectivity index is 1.63. The number of carbonyl (C=O) groups excluding carboxylic acids is 1. The van der Waals surface area contributed by atoms with E-state index in [9.17, 15) is 45.6 Å². The van der Waals surface area contributed by atoms with Crippen molar-refractivity contribution in [3.8, 4) is 0 Å². The smallest absolute Gasteiger partial charge is 0.220 e. The lowest BCUT2D eigenvalue weighted by atomic mass is 9.97. The minimum Gasteiger partial charge on any atom is -0.394 e. The Morgan fingerprint density at radius 2 is 0.833 bits per heavy atom. The van der Waals surface area contributed by atoms with E-state index in [0.717, 1.165) is 64.2 Å². The standard InChI is InChI=1S/C70H123NO13/c1-3-5-7-9-11-13-15-17-19-20-21-22-23-24-25-26-27-28-29-30-31-32-33-34-35-36-37-38-40-42-44-46-48-50-52-54-62(75)71-58(59(74)53-51-49-47-45-43-41-39-18-16-14-12-10-8-6-4-2)57-81-69-67(80)65(78)68(61(56-73)83-69)84-70-66(79)64(77)63(76)60(55-72)82-70/h5,7,11,13,17,19,21-22,24-25,43,45,51,53,58-61,63-70,72-74,76-80H,3-4,6,8-10,12,14-16,18,20,23,26-42,44,46-50,52,54-57H2,1-2H3,(H,71,75)/b7-5-,13-11-,19-17-,22-21-,25-24-,45-43+,53-51+. The van der Waals surface area contributed by atoms with Crippen molar-refractivity contribution in [3.63, 3.8) is 0 Å². The molecule has 84 heavy (non-hydrogen) atoms. The Kier molecular flexibility index (Phi) is 50.0. The highest BCUT2D eigenvalue weighted by Crippen LogP contribution is 2.30. The van der Waals surface area contributed by atoms with Gasteiger partial charge < -0.3 is 65.1 Å². The third-order valence-electron chi connectivity index (χ3n) is 16.1. The molecule has 0 spiro atoms. The molecule has 2 heterocycles. The van der Waals surface area contributed by atoms with Crippen molar-refractivity contribution in [2.24, 2.45) is 0 Å². The van der Waals surface area contributed by atoms with Crippen molar-refractivity contribution < 1.29 is 64.6 Å². The van der Waals surface area contributed by atoms with Gasteiger partial charge >= 0.3 is 0 Å². The lowest BCUT2D eigenvalue weighted by Crippen LogP contribution is -2.65. The van der Waals surface area contributed by atoms with E-state index in [1.807, 2.05) is 6.08 Å². The van der Waals surface area contributed by atoms with Gasteiger partial charge in [0.25, 0.3) is 0 Å². The van der Waals surface area contributed by atoms with E-state index in [2.05, 4.69) is 92.1 Å². The second-order valence-corrected chi connectivity index (χ2v) is 23.6. The molecule has 2 saturated heterocycles. The number of hydrogen-bond donors (Lipinski definition) is 9. The Labute approximate surface area is 510 Å². The summed E-state index contributed by atoms with van der Waals surface area (Å²) in [5.41, 5.74) is 0. The minimum atomic E-state index is -1.79. The fraction of sp³-hybridized carbons (Fsp3) is 0.786. The highest BCUT2D eigenvalue weighted by Gasteiger charge is 2.51. The summed E-state index contributed by atoms with van der Waals surface area (Å²) in [5.74, 6) is -0.249. The summed E-state index contributed by atoms with van der Waals surface area (Å²) in [6.45, 7) is 2.67. The zero-order chi connectivity index (χ0) is 60.9. The van der Waals surface area contributed by atoms with E-state index in [4.69, 9.17) is 18.9 Å². The molecule has 0 radical (unpaired) electrons. The lowest BCUT2D eigenvalue weighted by molar-refractivity contribution is -0.359. The number of ether oxygens (including phenoxy) is 4. The fourth-order valence-electron chi connectivity index (χ4n) is 10.7. The molecule has 0 aromatic rings. The van der Waals surface area contributed by atoms with Gasteiger partial charge in [0, 0.05) is 6.42 Å². The number of amides is 1. The van der Waals surface area contributed by atoms with Gasteiger partial charge in [-0.15, -0.1) is 0 Å². The molecule has 12 atom stereocenters. The van der Waals surface area contributed by atoms with E-state index in [1.54, 1.807) is 6.08 Å². The number of aliphatic hydroxyl groups is 8. The fourth-order valence-corrected chi connectivity index (χ4v) is 10.7. The predicted octanol–water partition coefficient (Wildman–Crippen LogP) is 13.2. The van der Waals surface area contributed by atoms with Gasteiger partial charge in [0.05, 0.1) is 32.0 Å². The first-order chi connectivity index (χ1) is 41.1. The lowest BCUT2D eigenvalue weighted by Gasteiger charge is -2.46. The van der Waals surface area contributed by atoms with Crippen LogP contribution in [-0.2, 0) is 23.7 Å². The molecule has 14 heteroatoms. The highest BCUT2D eigenvalue weighted by atomic mass is 16.7. The maximum Gasteiger partial charge on any atom is 0.220 e. The van der Waals surface area contributed by atoms with Crippen molar-refractivity contribution in [1.82, 2.24) is 5.32 Å². The molecule has 12 unspecified atom stereocenters. The zero-order valence-corrected chi connectivity index (χ0v) is 52.6. The van der Waals surface area contributed by atoms with E-state index in [1.165, 1.54) is 161 Å². The van der Waals surface area contributed by atoms with Gasteiger partial charge in [-0.05, 0) is 77.0 Å². The van der Waals surface area contributed by atoms with Crippen LogP contribution < -0.4 is 5.32 Å². The molecular weight excluding hydrogens is 1060 g/mol. The molecular formula is C70H123NO13. The van der Waals surface area contributed by atoms with Crippen LogP contribution in [0, 0.1) is 0 Å². The molecule has 14 nitrogen and oxygen atoms in total. The summed E-state index contributed by atoms with van der Waals surface area (Å²) in [6, 6.07) is -0.934. The topological polar surface area (TPSA) is 228 Å². The van der Waals surface area contributed by atoms with Gasteiger partial charge in [-0.2, -0.15) is 0 Å². The van der Waals surface area contributed by atoms with Gasteiger partial charge in [0.15, 0.2) is 12.6 Å². The van der Waals surface area contributed by atoms with Crippen molar-refractivity contribution in [2.75, 3.05) is 19.8 Å². The second kappa shape index (κ2) is 54.3. The zero-order valence-electron chi connectivity index (χ0n) is 52.6. The molecule has 0 bridgehead atoms. The molecule has 2 fully saturated rings. The first-order valence-electron chi connectivity index (χ1n) is 33.8. The van der Waals surface area contributed by atoms with Crippen LogP contribution in [-0.4, -0.2) is 140 Å². The van der Waals surface area contributed by atoms with Gasteiger partial charge in [0.2, 0.25) is 5.91 Å². The second-order valence-electron chi connectivity index (χ2n) is 23.6. The Morgan fingerprint density at radius 1 is 0.440 bits per heavy atom. The molecule has 486 valence electrons. The van der Waals surface area contributed by atoms with Gasteiger partial charge in [-0.25, -0.2) is 0 Å². The third kappa shape index (κ3) is 38.4. The van der Waals surface area contributed by atoms with Crippen molar-refractivity contribution >= 4 is 5.91 Å². The molecule has 0 aromatic heterocycles. The quantitative estimate of drug-likeness (QED) is 0.0204.